The van der Waals surface area contributed by atoms with Gasteiger partial charge in [-0.1, -0.05) is 12.1 Å². The first-order valence-electron chi connectivity index (χ1n) is 7.01. The zero-order valence-electron chi connectivity index (χ0n) is 11.6. The maximum Gasteiger partial charge on any atom is 0.226 e. The molecule has 1 fully saturated rings. The van der Waals surface area contributed by atoms with Crippen molar-refractivity contribution in [1.82, 2.24) is 19.5 Å². The first-order valence-corrected chi connectivity index (χ1v) is 7.39. The van der Waals surface area contributed by atoms with Gasteiger partial charge in [0.2, 0.25) is 5.28 Å². The molecule has 0 radical (unpaired) electrons. The molecule has 1 saturated carbocycles. The van der Waals surface area contributed by atoms with Crippen molar-refractivity contribution < 1.29 is 4.39 Å². The SMILES string of the molecule is Nc1nc(Cl)nc2c1ncn2CC1CC1c1ccc(F)cc1. The number of benzene rings is 1. The monoisotopic (exact) mass is 317 g/mol. The molecule has 0 spiro atoms. The van der Waals surface area contributed by atoms with Crippen molar-refractivity contribution >= 4 is 28.6 Å². The fourth-order valence-corrected chi connectivity index (χ4v) is 3.06. The van der Waals surface area contributed by atoms with Crippen molar-refractivity contribution in [1.29, 1.82) is 0 Å². The van der Waals surface area contributed by atoms with E-state index in [1.807, 2.05) is 16.7 Å². The number of hydrogen-bond acceptors (Lipinski definition) is 4. The predicted molar refractivity (Wildman–Crippen MR) is 82.0 cm³/mol. The second-order valence-corrected chi connectivity index (χ2v) is 5.94. The molecule has 1 aliphatic carbocycles. The van der Waals surface area contributed by atoms with E-state index < -0.39 is 0 Å². The standard InChI is InChI=1S/C15H13ClFN5/c16-15-20-13(18)12-14(21-15)22(7-19-12)6-9-5-11(9)8-1-3-10(17)4-2-8/h1-4,7,9,11H,5-6H2,(H2,18,20,21). The number of nitrogens with zero attached hydrogens (tertiary/aromatic N) is 4. The van der Waals surface area contributed by atoms with Crippen molar-refractivity contribution in [3.63, 3.8) is 0 Å². The molecule has 0 saturated heterocycles. The molecule has 2 heterocycles. The van der Waals surface area contributed by atoms with Crippen LogP contribution in [0.15, 0.2) is 30.6 Å². The van der Waals surface area contributed by atoms with Gasteiger partial charge in [-0.2, -0.15) is 9.97 Å². The maximum atomic E-state index is 13.0. The second-order valence-electron chi connectivity index (χ2n) is 5.60. The van der Waals surface area contributed by atoms with E-state index in [9.17, 15) is 4.39 Å². The van der Waals surface area contributed by atoms with Crippen molar-refractivity contribution in [2.75, 3.05) is 5.73 Å². The van der Waals surface area contributed by atoms with Gasteiger partial charge in [-0.05, 0) is 47.6 Å². The van der Waals surface area contributed by atoms with Crippen LogP contribution in [0.5, 0.6) is 0 Å². The van der Waals surface area contributed by atoms with Crippen LogP contribution in [0.3, 0.4) is 0 Å². The second kappa shape index (κ2) is 4.91. The van der Waals surface area contributed by atoms with Gasteiger partial charge in [0.1, 0.15) is 11.3 Å². The highest BCUT2D eigenvalue weighted by atomic mass is 35.5. The number of fused-ring (bicyclic) bond motifs is 1. The Morgan fingerprint density at radius 2 is 2.05 bits per heavy atom. The maximum absolute atomic E-state index is 13.0. The van der Waals surface area contributed by atoms with Crippen molar-refractivity contribution in [2.45, 2.75) is 18.9 Å². The van der Waals surface area contributed by atoms with Crippen LogP contribution >= 0.6 is 11.6 Å². The third-order valence-electron chi connectivity index (χ3n) is 4.12. The number of aromatic nitrogens is 4. The van der Waals surface area contributed by atoms with Crippen molar-refractivity contribution in [2.24, 2.45) is 5.92 Å². The van der Waals surface area contributed by atoms with Gasteiger partial charge in [-0.15, -0.1) is 0 Å². The van der Waals surface area contributed by atoms with Gasteiger partial charge >= 0.3 is 0 Å². The zero-order valence-corrected chi connectivity index (χ0v) is 12.3. The molecule has 22 heavy (non-hydrogen) atoms. The number of imidazole rings is 1. The zero-order chi connectivity index (χ0) is 15.3. The predicted octanol–water partition coefficient (Wildman–Crippen LogP) is 3.00. The Morgan fingerprint density at radius 3 is 2.82 bits per heavy atom. The average Bonchev–Trinajstić information content (AvgIpc) is 3.13. The molecule has 1 aromatic carbocycles. The van der Waals surface area contributed by atoms with Gasteiger partial charge in [-0.3, -0.25) is 0 Å². The highest BCUT2D eigenvalue weighted by molar-refractivity contribution is 6.28. The van der Waals surface area contributed by atoms with Crippen LogP contribution < -0.4 is 5.73 Å². The molecule has 0 aliphatic heterocycles. The summed E-state index contributed by atoms with van der Waals surface area (Å²) < 4.78 is 14.9. The molecule has 5 nitrogen and oxygen atoms in total. The Balaban J connectivity index is 1.57. The number of nitrogen functional groups attached to an aromatic ring is 1. The molecule has 2 unspecified atom stereocenters. The Kier molecular flexibility index (Phi) is 3.00. The van der Waals surface area contributed by atoms with Crippen LogP contribution in [-0.4, -0.2) is 19.5 Å². The summed E-state index contributed by atoms with van der Waals surface area (Å²) in [5.41, 5.74) is 8.20. The minimum Gasteiger partial charge on any atom is -0.382 e. The molecule has 1 aliphatic rings. The largest absolute Gasteiger partial charge is 0.382 e. The van der Waals surface area contributed by atoms with E-state index in [4.69, 9.17) is 17.3 Å². The molecule has 112 valence electrons. The summed E-state index contributed by atoms with van der Waals surface area (Å²) in [5, 5.41) is 0.123. The average molecular weight is 318 g/mol. The van der Waals surface area contributed by atoms with E-state index in [-0.39, 0.29) is 11.1 Å². The summed E-state index contributed by atoms with van der Waals surface area (Å²) in [6, 6.07) is 6.71. The van der Waals surface area contributed by atoms with E-state index >= 15 is 0 Å². The van der Waals surface area contributed by atoms with Crippen molar-refractivity contribution in [3.8, 4) is 0 Å². The molecule has 7 heteroatoms. The van der Waals surface area contributed by atoms with Crippen LogP contribution in [0, 0.1) is 11.7 Å². The lowest BCUT2D eigenvalue weighted by Gasteiger charge is -2.04. The highest BCUT2D eigenvalue weighted by Gasteiger charge is 2.38. The normalized spacial score (nSPS) is 20.5. The lowest BCUT2D eigenvalue weighted by molar-refractivity contribution is 0.617. The molecule has 3 aromatic rings. The number of anilines is 1. The lowest BCUT2D eigenvalue weighted by atomic mass is 10.1. The van der Waals surface area contributed by atoms with E-state index in [0.717, 1.165) is 13.0 Å². The Bertz CT molecular complexity index is 845. The molecule has 4 rings (SSSR count). The van der Waals surface area contributed by atoms with Gasteiger partial charge in [0.15, 0.2) is 11.5 Å². The summed E-state index contributed by atoms with van der Waals surface area (Å²) in [6.45, 7) is 0.783. The minimum absolute atomic E-state index is 0.123. The third kappa shape index (κ3) is 2.29. The Labute approximate surface area is 131 Å². The first-order chi connectivity index (χ1) is 10.6. The van der Waals surface area contributed by atoms with Crippen LogP contribution in [0.25, 0.3) is 11.2 Å². The van der Waals surface area contributed by atoms with E-state index in [1.165, 1.54) is 17.7 Å². The number of nitrogens with two attached hydrogens (primary N) is 1. The van der Waals surface area contributed by atoms with Gasteiger partial charge in [0.05, 0.1) is 6.33 Å². The molecule has 2 aromatic heterocycles. The number of rotatable bonds is 3. The number of halogens is 2. The summed E-state index contributed by atoms with van der Waals surface area (Å²) in [5.74, 6) is 1.02. The van der Waals surface area contributed by atoms with Crippen LogP contribution in [0.1, 0.15) is 17.9 Å². The van der Waals surface area contributed by atoms with E-state index in [0.29, 0.717) is 28.8 Å². The van der Waals surface area contributed by atoms with Gasteiger partial charge in [0, 0.05) is 6.54 Å². The van der Waals surface area contributed by atoms with Gasteiger partial charge < -0.3 is 10.3 Å². The molecule has 0 amide bonds. The lowest BCUT2D eigenvalue weighted by Crippen LogP contribution is -2.02. The van der Waals surface area contributed by atoms with Gasteiger partial charge in [-0.25, -0.2) is 9.37 Å². The van der Waals surface area contributed by atoms with Crippen molar-refractivity contribution in [3.05, 3.63) is 47.3 Å². The summed E-state index contributed by atoms with van der Waals surface area (Å²) in [4.78, 5) is 12.4. The molecular weight excluding hydrogens is 305 g/mol. The third-order valence-corrected chi connectivity index (χ3v) is 4.28. The smallest absolute Gasteiger partial charge is 0.226 e. The van der Waals surface area contributed by atoms with Gasteiger partial charge in [0.25, 0.3) is 0 Å². The first kappa shape index (κ1) is 13.5. The van der Waals surface area contributed by atoms with Crippen LogP contribution in [0.2, 0.25) is 5.28 Å². The fraction of sp³-hybridized carbons (Fsp3) is 0.267. The Morgan fingerprint density at radius 1 is 1.27 bits per heavy atom. The number of hydrogen-bond donors (Lipinski definition) is 1. The summed E-state index contributed by atoms with van der Waals surface area (Å²) >= 11 is 5.87. The van der Waals surface area contributed by atoms with E-state index in [2.05, 4.69) is 15.0 Å². The van der Waals surface area contributed by atoms with Crippen LogP contribution in [0.4, 0.5) is 10.2 Å². The Hall–Kier alpha value is -2.21. The summed E-state index contributed by atoms with van der Waals surface area (Å²) in [7, 11) is 0. The fourth-order valence-electron chi connectivity index (χ4n) is 2.89. The topological polar surface area (TPSA) is 69.6 Å². The molecular formula is C15H13ClFN5. The molecule has 0 bridgehead atoms. The molecule has 2 atom stereocenters. The quantitative estimate of drug-likeness (QED) is 0.754. The highest BCUT2D eigenvalue weighted by Crippen LogP contribution is 2.48. The molecule has 2 N–H and O–H groups in total. The van der Waals surface area contributed by atoms with E-state index in [1.54, 1.807) is 6.33 Å². The minimum atomic E-state index is -0.205. The van der Waals surface area contributed by atoms with Crippen LogP contribution in [-0.2, 0) is 6.54 Å². The summed E-state index contributed by atoms with van der Waals surface area (Å²) in [6.07, 6.45) is 2.78.